The van der Waals surface area contributed by atoms with E-state index in [-0.39, 0.29) is 5.41 Å². The Morgan fingerprint density at radius 1 is 1.18 bits per heavy atom. The van der Waals surface area contributed by atoms with Crippen molar-refractivity contribution in [3.05, 3.63) is 0 Å². The summed E-state index contributed by atoms with van der Waals surface area (Å²) in [4.78, 5) is 0. The molecule has 2 heteroatoms. The molecule has 0 radical (unpaired) electrons. The first-order chi connectivity index (χ1) is 7.93. The van der Waals surface area contributed by atoms with Crippen LogP contribution >= 0.6 is 0 Å². The second kappa shape index (κ2) is 6.40. The lowest BCUT2D eigenvalue weighted by Crippen LogP contribution is -2.37. The summed E-state index contributed by atoms with van der Waals surface area (Å²) in [5, 5.41) is 12.6. The summed E-state index contributed by atoms with van der Waals surface area (Å²) in [5.41, 5.74) is -0.158. The molecule has 0 aliphatic heterocycles. The third-order valence-electron chi connectivity index (χ3n) is 3.89. The zero-order chi connectivity index (χ0) is 12.9. The average Bonchev–Trinajstić information content (AvgIpc) is 2.23. The van der Waals surface area contributed by atoms with Gasteiger partial charge in [-0.25, -0.2) is 0 Å². The van der Waals surface area contributed by atoms with Crippen molar-refractivity contribution in [2.45, 2.75) is 65.8 Å². The van der Waals surface area contributed by atoms with Crippen molar-refractivity contribution in [3.63, 3.8) is 0 Å². The molecule has 1 N–H and O–H groups in total. The maximum absolute atomic E-state index is 8.94. The number of hydrogen-bond acceptors (Lipinski definition) is 2. The zero-order valence-electron chi connectivity index (χ0n) is 11.9. The Kier molecular flexibility index (Phi) is 5.46. The second-order valence-electron chi connectivity index (χ2n) is 6.67. The third kappa shape index (κ3) is 5.55. The molecule has 0 aromatic carbocycles. The number of nitrogens with one attached hydrogen (secondary N) is 1. The van der Waals surface area contributed by atoms with Crippen molar-refractivity contribution >= 4 is 0 Å². The smallest absolute Gasteiger partial charge is 0.0683 e. The maximum Gasteiger partial charge on any atom is 0.0683 e. The lowest BCUT2D eigenvalue weighted by atomic mass is 9.80. The van der Waals surface area contributed by atoms with E-state index in [1.165, 1.54) is 19.3 Å². The van der Waals surface area contributed by atoms with Crippen LogP contribution in [0.4, 0.5) is 0 Å². The fourth-order valence-electron chi connectivity index (χ4n) is 3.01. The number of hydrogen-bond donors (Lipinski definition) is 1. The predicted molar refractivity (Wildman–Crippen MR) is 72.6 cm³/mol. The Hall–Kier alpha value is -0.550. The molecular formula is C15H28N2. The van der Waals surface area contributed by atoms with Crippen LogP contribution in [0.1, 0.15) is 59.8 Å². The highest BCUT2D eigenvalue weighted by molar-refractivity contribution is 4.91. The molecule has 0 amide bonds. The van der Waals surface area contributed by atoms with Gasteiger partial charge in [0.15, 0.2) is 0 Å². The lowest BCUT2D eigenvalue weighted by molar-refractivity contribution is 0.237. The largest absolute Gasteiger partial charge is 0.314 e. The Bertz CT molecular complexity index is 255. The number of nitriles is 1. The summed E-state index contributed by atoms with van der Waals surface area (Å²) >= 11 is 0. The van der Waals surface area contributed by atoms with E-state index < -0.39 is 0 Å². The van der Waals surface area contributed by atoms with E-state index in [1.54, 1.807) is 0 Å². The van der Waals surface area contributed by atoms with Crippen molar-refractivity contribution in [2.75, 3.05) is 6.54 Å². The van der Waals surface area contributed by atoms with Gasteiger partial charge < -0.3 is 5.32 Å². The summed E-state index contributed by atoms with van der Waals surface area (Å²) < 4.78 is 0. The minimum absolute atomic E-state index is 0.158. The van der Waals surface area contributed by atoms with Crippen LogP contribution in [0.3, 0.4) is 0 Å². The van der Waals surface area contributed by atoms with Gasteiger partial charge in [0.25, 0.3) is 0 Å². The third-order valence-corrected chi connectivity index (χ3v) is 3.89. The number of rotatable bonds is 5. The van der Waals surface area contributed by atoms with E-state index in [4.69, 9.17) is 5.26 Å². The van der Waals surface area contributed by atoms with Crippen LogP contribution in [0.25, 0.3) is 0 Å². The molecule has 1 aliphatic carbocycles. The molecule has 2 nitrogen and oxygen atoms in total. The molecule has 2 unspecified atom stereocenters. The van der Waals surface area contributed by atoms with Crippen LogP contribution in [-0.4, -0.2) is 12.6 Å². The first-order valence-electron chi connectivity index (χ1n) is 7.07. The lowest BCUT2D eigenvalue weighted by Gasteiger charge is -2.32. The first kappa shape index (κ1) is 14.5. The van der Waals surface area contributed by atoms with Crippen molar-refractivity contribution in [1.29, 1.82) is 5.26 Å². The summed E-state index contributed by atoms with van der Waals surface area (Å²) in [6, 6.07) is 3.07. The quantitative estimate of drug-likeness (QED) is 0.738. The zero-order valence-corrected chi connectivity index (χ0v) is 11.9. The fourth-order valence-corrected chi connectivity index (χ4v) is 3.01. The molecule has 17 heavy (non-hydrogen) atoms. The van der Waals surface area contributed by atoms with E-state index in [1.807, 2.05) is 13.8 Å². The maximum atomic E-state index is 8.94. The van der Waals surface area contributed by atoms with E-state index in [2.05, 4.69) is 25.2 Å². The molecule has 0 spiro atoms. The molecular weight excluding hydrogens is 208 g/mol. The standard InChI is InChI=1S/C15H28N2/c1-12-8-13(2)10-14(9-12)17-7-5-6-15(3,4)11-16/h12-14,17H,5-10H2,1-4H3. The van der Waals surface area contributed by atoms with Crippen LogP contribution < -0.4 is 5.32 Å². The van der Waals surface area contributed by atoms with Crippen molar-refractivity contribution in [1.82, 2.24) is 5.32 Å². The highest BCUT2D eigenvalue weighted by atomic mass is 14.9. The topological polar surface area (TPSA) is 35.8 Å². The van der Waals surface area contributed by atoms with Gasteiger partial charge in [-0.05, 0) is 64.3 Å². The van der Waals surface area contributed by atoms with Gasteiger partial charge in [-0.3, -0.25) is 0 Å². The van der Waals surface area contributed by atoms with Gasteiger partial charge in [-0.15, -0.1) is 0 Å². The monoisotopic (exact) mass is 236 g/mol. The molecule has 0 saturated heterocycles. The molecule has 0 aromatic heterocycles. The van der Waals surface area contributed by atoms with Gasteiger partial charge in [0.2, 0.25) is 0 Å². The second-order valence-corrected chi connectivity index (χ2v) is 6.67. The average molecular weight is 236 g/mol. The van der Waals surface area contributed by atoms with Crippen molar-refractivity contribution < 1.29 is 0 Å². The molecule has 1 saturated carbocycles. The van der Waals surface area contributed by atoms with E-state index >= 15 is 0 Å². The van der Waals surface area contributed by atoms with Crippen LogP contribution in [0.15, 0.2) is 0 Å². The van der Waals surface area contributed by atoms with Crippen LogP contribution in [0.2, 0.25) is 0 Å². The van der Waals surface area contributed by atoms with Gasteiger partial charge in [0, 0.05) is 6.04 Å². The normalized spacial score (nSPS) is 29.9. The molecule has 0 aromatic rings. The van der Waals surface area contributed by atoms with Gasteiger partial charge >= 0.3 is 0 Å². The van der Waals surface area contributed by atoms with Crippen LogP contribution in [0, 0.1) is 28.6 Å². The fraction of sp³-hybridized carbons (Fsp3) is 0.933. The first-order valence-corrected chi connectivity index (χ1v) is 7.07. The molecule has 1 aliphatic rings. The summed E-state index contributed by atoms with van der Waals surface area (Å²) in [7, 11) is 0. The van der Waals surface area contributed by atoms with Gasteiger partial charge in [-0.2, -0.15) is 5.26 Å². The highest BCUT2D eigenvalue weighted by Crippen LogP contribution is 2.28. The summed E-state index contributed by atoms with van der Waals surface area (Å²) in [6.45, 7) is 9.84. The summed E-state index contributed by atoms with van der Waals surface area (Å²) in [5.74, 6) is 1.73. The molecule has 1 rings (SSSR count). The minimum Gasteiger partial charge on any atom is -0.314 e. The Morgan fingerprint density at radius 3 is 2.29 bits per heavy atom. The molecule has 0 bridgehead atoms. The van der Waals surface area contributed by atoms with E-state index in [9.17, 15) is 0 Å². The molecule has 0 heterocycles. The van der Waals surface area contributed by atoms with E-state index in [0.717, 1.165) is 31.2 Å². The van der Waals surface area contributed by atoms with Crippen molar-refractivity contribution in [3.8, 4) is 6.07 Å². The molecule has 1 fully saturated rings. The molecule has 98 valence electrons. The van der Waals surface area contributed by atoms with Crippen LogP contribution in [-0.2, 0) is 0 Å². The van der Waals surface area contributed by atoms with Crippen LogP contribution in [0.5, 0.6) is 0 Å². The minimum atomic E-state index is -0.158. The Labute approximate surface area is 107 Å². The SMILES string of the molecule is CC1CC(C)CC(NCCCC(C)(C)C#N)C1. The van der Waals surface area contributed by atoms with Gasteiger partial charge in [-0.1, -0.05) is 13.8 Å². The highest BCUT2D eigenvalue weighted by Gasteiger charge is 2.23. The Balaban J connectivity index is 2.17. The number of nitrogens with zero attached hydrogens (tertiary/aromatic N) is 1. The van der Waals surface area contributed by atoms with Gasteiger partial charge in [0.1, 0.15) is 0 Å². The predicted octanol–water partition coefficient (Wildman–Crippen LogP) is 3.73. The van der Waals surface area contributed by atoms with E-state index in [0.29, 0.717) is 6.04 Å². The van der Waals surface area contributed by atoms with Crippen molar-refractivity contribution in [2.24, 2.45) is 17.3 Å². The van der Waals surface area contributed by atoms with Gasteiger partial charge in [0.05, 0.1) is 11.5 Å². The summed E-state index contributed by atoms with van der Waals surface area (Å²) in [6.07, 6.45) is 6.14. The Morgan fingerprint density at radius 2 is 1.76 bits per heavy atom. The molecule has 2 atom stereocenters.